The summed E-state index contributed by atoms with van der Waals surface area (Å²) in [4.78, 5) is 10.7. The van der Waals surface area contributed by atoms with Crippen LogP contribution in [0.15, 0.2) is 0 Å². The Kier molecular flexibility index (Phi) is 3.61. The number of hydrogen-bond donors (Lipinski definition) is 0. The van der Waals surface area contributed by atoms with E-state index in [0.29, 0.717) is 5.92 Å². The first-order chi connectivity index (χ1) is 5.38. The van der Waals surface area contributed by atoms with Crippen molar-refractivity contribution in [2.45, 2.75) is 45.4 Å². The summed E-state index contributed by atoms with van der Waals surface area (Å²) in [6.45, 7) is 2.16. The maximum atomic E-state index is 10.7. The predicted molar refractivity (Wildman–Crippen MR) is 46.4 cm³/mol. The quantitative estimate of drug-likeness (QED) is 0.569. The summed E-state index contributed by atoms with van der Waals surface area (Å²) >= 11 is 0. The van der Waals surface area contributed by atoms with E-state index in [1.54, 1.807) is 0 Å². The molecule has 1 fully saturated rings. The summed E-state index contributed by atoms with van der Waals surface area (Å²) in [5.41, 5.74) is 0. The van der Waals surface area contributed by atoms with Crippen molar-refractivity contribution in [2.24, 2.45) is 11.8 Å². The summed E-state index contributed by atoms with van der Waals surface area (Å²) < 4.78 is 0. The topological polar surface area (TPSA) is 17.1 Å². The highest BCUT2D eigenvalue weighted by molar-refractivity contribution is 5.54. The van der Waals surface area contributed by atoms with Crippen LogP contribution in [0.2, 0.25) is 0 Å². The van der Waals surface area contributed by atoms with E-state index in [9.17, 15) is 4.79 Å². The van der Waals surface area contributed by atoms with Gasteiger partial charge >= 0.3 is 0 Å². The molecule has 1 saturated carbocycles. The van der Waals surface area contributed by atoms with E-state index >= 15 is 0 Å². The Labute approximate surface area is 69.2 Å². The van der Waals surface area contributed by atoms with Crippen LogP contribution in [0.1, 0.15) is 45.4 Å². The second-order valence-corrected chi connectivity index (χ2v) is 3.63. The first-order valence-electron chi connectivity index (χ1n) is 4.83. The normalized spacial score (nSPS) is 21.9. The third kappa shape index (κ3) is 2.32. The highest BCUT2D eigenvalue weighted by atomic mass is 16.1. The van der Waals surface area contributed by atoms with Crippen LogP contribution < -0.4 is 0 Å². The molecule has 0 heterocycles. The lowest BCUT2D eigenvalue weighted by Gasteiger charge is -2.15. The van der Waals surface area contributed by atoms with Crippen molar-refractivity contribution in [3.8, 4) is 0 Å². The summed E-state index contributed by atoms with van der Waals surface area (Å²) in [5.74, 6) is 1.11. The van der Waals surface area contributed by atoms with Crippen LogP contribution in [0.5, 0.6) is 0 Å². The molecule has 0 aromatic rings. The molecule has 0 aromatic carbocycles. The lowest BCUT2D eigenvalue weighted by atomic mass is 9.89. The van der Waals surface area contributed by atoms with Gasteiger partial charge in [-0.2, -0.15) is 0 Å². The second-order valence-electron chi connectivity index (χ2n) is 3.63. The summed E-state index contributed by atoms with van der Waals surface area (Å²) in [6.07, 6.45) is 8.72. The molecule has 0 N–H and O–H groups in total. The van der Waals surface area contributed by atoms with Gasteiger partial charge in [0.05, 0.1) is 0 Å². The molecule has 0 bridgehead atoms. The summed E-state index contributed by atoms with van der Waals surface area (Å²) in [7, 11) is 0. The van der Waals surface area contributed by atoms with Crippen LogP contribution in [0.4, 0.5) is 0 Å². The van der Waals surface area contributed by atoms with Crippen molar-refractivity contribution >= 4 is 6.29 Å². The van der Waals surface area contributed by atoms with Crippen molar-refractivity contribution < 1.29 is 4.79 Å². The van der Waals surface area contributed by atoms with Gasteiger partial charge in [-0.3, -0.25) is 0 Å². The van der Waals surface area contributed by atoms with Crippen LogP contribution in [0.25, 0.3) is 0 Å². The highest BCUT2D eigenvalue weighted by Gasteiger charge is 2.23. The molecule has 0 aliphatic heterocycles. The van der Waals surface area contributed by atoms with Gasteiger partial charge in [0.15, 0.2) is 0 Å². The third-order valence-electron chi connectivity index (χ3n) is 2.80. The molecule has 0 amide bonds. The number of carbonyl (C=O) groups is 1. The van der Waals surface area contributed by atoms with Crippen molar-refractivity contribution in [3.63, 3.8) is 0 Å². The van der Waals surface area contributed by atoms with Crippen LogP contribution in [-0.2, 0) is 4.79 Å². The van der Waals surface area contributed by atoms with Crippen molar-refractivity contribution in [1.82, 2.24) is 0 Å². The molecule has 0 spiro atoms. The van der Waals surface area contributed by atoms with Gasteiger partial charge in [0.25, 0.3) is 0 Å². The number of hydrogen-bond acceptors (Lipinski definition) is 1. The summed E-state index contributed by atoms with van der Waals surface area (Å²) in [5, 5.41) is 0. The molecule has 1 aliphatic carbocycles. The Morgan fingerprint density at radius 3 is 2.55 bits per heavy atom. The van der Waals surface area contributed by atoms with Gasteiger partial charge in [-0.1, -0.05) is 26.2 Å². The molecular formula is C10H18O. The smallest absolute Gasteiger partial charge is 0.123 e. The number of aldehydes is 1. The SMILES string of the molecule is CCCC(C=O)C1CCCC1. The average Bonchev–Trinajstić information content (AvgIpc) is 2.52. The van der Waals surface area contributed by atoms with E-state index in [0.717, 1.165) is 18.8 Å². The molecule has 11 heavy (non-hydrogen) atoms. The molecule has 1 nitrogen and oxygen atoms in total. The zero-order valence-electron chi connectivity index (χ0n) is 7.38. The van der Waals surface area contributed by atoms with Gasteiger partial charge in [0.2, 0.25) is 0 Å². The minimum atomic E-state index is 0.377. The molecule has 64 valence electrons. The van der Waals surface area contributed by atoms with E-state index in [1.807, 2.05) is 0 Å². The third-order valence-corrected chi connectivity index (χ3v) is 2.80. The Balaban J connectivity index is 2.33. The van der Waals surface area contributed by atoms with Gasteiger partial charge in [0.1, 0.15) is 6.29 Å². The lowest BCUT2D eigenvalue weighted by Crippen LogP contribution is -2.12. The van der Waals surface area contributed by atoms with Crippen molar-refractivity contribution in [1.29, 1.82) is 0 Å². The molecule has 1 heteroatoms. The standard InChI is InChI=1S/C10H18O/c1-2-5-10(8-11)9-6-3-4-7-9/h8-10H,2-7H2,1H3. The van der Waals surface area contributed by atoms with Gasteiger partial charge in [-0.15, -0.1) is 0 Å². The van der Waals surface area contributed by atoms with Gasteiger partial charge in [-0.25, -0.2) is 0 Å². The molecule has 1 atom stereocenters. The zero-order valence-corrected chi connectivity index (χ0v) is 7.38. The maximum Gasteiger partial charge on any atom is 0.123 e. The fourth-order valence-electron chi connectivity index (χ4n) is 2.13. The molecule has 0 saturated heterocycles. The molecular weight excluding hydrogens is 136 g/mol. The van der Waals surface area contributed by atoms with Gasteiger partial charge < -0.3 is 4.79 Å². The van der Waals surface area contributed by atoms with Crippen LogP contribution in [-0.4, -0.2) is 6.29 Å². The van der Waals surface area contributed by atoms with Gasteiger partial charge in [-0.05, 0) is 25.2 Å². The molecule has 0 aromatic heterocycles. The fourth-order valence-corrected chi connectivity index (χ4v) is 2.13. The minimum Gasteiger partial charge on any atom is -0.303 e. The highest BCUT2D eigenvalue weighted by Crippen LogP contribution is 2.32. The molecule has 1 rings (SSSR count). The van der Waals surface area contributed by atoms with E-state index in [1.165, 1.54) is 32.0 Å². The summed E-state index contributed by atoms with van der Waals surface area (Å²) in [6, 6.07) is 0. The molecule has 0 radical (unpaired) electrons. The monoisotopic (exact) mass is 154 g/mol. The maximum absolute atomic E-state index is 10.7. The largest absolute Gasteiger partial charge is 0.303 e. The Morgan fingerprint density at radius 2 is 2.09 bits per heavy atom. The lowest BCUT2D eigenvalue weighted by molar-refractivity contribution is -0.112. The Morgan fingerprint density at radius 1 is 1.45 bits per heavy atom. The molecule has 1 unspecified atom stereocenters. The Bertz CT molecular complexity index is 114. The number of carbonyl (C=O) groups excluding carboxylic acids is 1. The number of rotatable bonds is 4. The van der Waals surface area contributed by atoms with E-state index < -0.39 is 0 Å². The van der Waals surface area contributed by atoms with Crippen molar-refractivity contribution in [3.05, 3.63) is 0 Å². The van der Waals surface area contributed by atoms with E-state index in [2.05, 4.69) is 6.92 Å². The van der Waals surface area contributed by atoms with Crippen LogP contribution in [0, 0.1) is 11.8 Å². The first kappa shape index (κ1) is 8.76. The van der Waals surface area contributed by atoms with Crippen molar-refractivity contribution in [2.75, 3.05) is 0 Å². The van der Waals surface area contributed by atoms with E-state index in [4.69, 9.17) is 0 Å². The second kappa shape index (κ2) is 4.53. The average molecular weight is 154 g/mol. The van der Waals surface area contributed by atoms with Crippen LogP contribution >= 0.6 is 0 Å². The van der Waals surface area contributed by atoms with Gasteiger partial charge in [0, 0.05) is 5.92 Å². The Hall–Kier alpha value is -0.330. The fraction of sp³-hybridized carbons (Fsp3) is 0.900. The predicted octanol–water partition coefficient (Wildman–Crippen LogP) is 2.79. The van der Waals surface area contributed by atoms with E-state index in [-0.39, 0.29) is 0 Å². The molecule has 1 aliphatic rings. The first-order valence-corrected chi connectivity index (χ1v) is 4.83. The zero-order chi connectivity index (χ0) is 8.10. The van der Waals surface area contributed by atoms with Crippen LogP contribution in [0.3, 0.4) is 0 Å². The minimum absolute atomic E-state index is 0.377.